The molecular formula is C23H26ClNO4. The van der Waals surface area contributed by atoms with Crippen LogP contribution in [0.5, 0.6) is 11.5 Å². The molecule has 4 rings (SSSR count). The van der Waals surface area contributed by atoms with E-state index in [1.165, 1.54) is 5.56 Å². The molecule has 1 saturated heterocycles. The maximum atomic E-state index is 12.8. The molecule has 2 aromatic rings. The van der Waals surface area contributed by atoms with Crippen molar-refractivity contribution in [2.75, 3.05) is 6.61 Å². The van der Waals surface area contributed by atoms with Gasteiger partial charge in [-0.05, 0) is 79.6 Å². The average molecular weight is 416 g/mol. The minimum atomic E-state index is -0.527. The molecule has 1 N–H and O–H groups in total. The topological polar surface area (TPSA) is 56.8 Å². The number of carbonyl (C=O) groups is 1. The molecule has 2 atom stereocenters. The van der Waals surface area contributed by atoms with Gasteiger partial charge in [-0.1, -0.05) is 24.6 Å². The van der Waals surface area contributed by atoms with Crippen LogP contribution in [-0.2, 0) is 27.2 Å². The van der Waals surface area contributed by atoms with Gasteiger partial charge in [-0.2, -0.15) is 0 Å². The zero-order chi connectivity index (χ0) is 20.3. The number of hydroxylamine groups is 1. The number of hydrogen-bond acceptors (Lipinski definition) is 4. The van der Waals surface area contributed by atoms with E-state index < -0.39 is 5.41 Å². The van der Waals surface area contributed by atoms with Gasteiger partial charge in [0.15, 0.2) is 6.29 Å². The Balaban J connectivity index is 1.41. The normalized spacial score (nSPS) is 23.9. The monoisotopic (exact) mass is 415 g/mol. The Labute approximate surface area is 176 Å². The fourth-order valence-corrected chi connectivity index (χ4v) is 4.00. The van der Waals surface area contributed by atoms with E-state index in [2.05, 4.69) is 11.5 Å². The lowest BCUT2D eigenvalue weighted by atomic mass is 9.72. The van der Waals surface area contributed by atoms with Crippen molar-refractivity contribution in [2.24, 2.45) is 5.41 Å². The van der Waals surface area contributed by atoms with Crippen molar-refractivity contribution in [2.45, 2.75) is 51.7 Å². The maximum Gasteiger partial charge on any atom is 0.249 e. The van der Waals surface area contributed by atoms with Gasteiger partial charge in [0, 0.05) is 18.1 Å². The minimum Gasteiger partial charge on any atom is -0.457 e. The number of fused-ring (bicyclic) bond motifs is 1. The van der Waals surface area contributed by atoms with Crippen molar-refractivity contribution in [3.8, 4) is 11.5 Å². The van der Waals surface area contributed by atoms with Crippen LogP contribution >= 0.6 is 11.6 Å². The first kappa shape index (κ1) is 20.2. The number of carbonyl (C=O) groups excluding carboxylic acids is 1. The standard InChI is InChI=1S/C23H26ClNO4/c1-23(22(26)25-29-21-4-2-3-13-27-21)12-11-16-5-8-20(14-17(16)15-23)28-19-9-6-18(24)7-10-19/h5-10,14,21H,2-4,11-13,15H2,1H3,(H,25,26). The molecule has 0 saturated carbocycles. The maximum absolute atomic E-state index is 12.8. The zero-order valence-electron chi connectivity index (χ0n) is 16.6. The minimum absolute atomic E-state index is 0.0960. The van der Waals surface area contributed by atoms with E-state index >= 15 is 0 Å². The Morgan fingerprint density at radius 3 is 2.69 bits per heavy atom. The largest absolute Gasteiger partial charge is 0.457 e. The molecular weight excluding hydrogens is 390 g/mol. The molecule has 1 fully saturated rings. The summed E-state index contributed by atoms with van der Waals surface area (Å²) in [5, 5.41) is 0.672. The number of rotatable bonds is 5. The molecule has 2 unspecified atom stereocenters. The molecule has 5 nitrogen and oxygen atoms in total. The van der Waals surface area contributed by atoms with Gasteiger partial charge in [-0.25, -0.2) is 10.3 Å². The number of hydrogen-bond donors (Lipinski definition) is 1. The summed E-state index contributed by atoms with van der Waals surface area (Å²) in [6.07, 6.45) is 4.83. The first-order valence-corrected chi connectivity index (χ1v) is 10.5. The van der Waals surface area contributed by atoms with Gasteiger partial charge < -0.3 is 9.47 Å². The highest BCUT2D eigenvalue weighted by molar-refractivity contribution is 6.30. The molecule has 1 heterocycles. The second kappa shape index (κ2) is 8.74. The van der Waals surface area contributed by atoms with Gasteiger partial charge in [0.1, 0.15) is 11.5 Å². The van der Waals surface area contributed by atoms with E-state index in [0.29, 0.717) is 18.1 Å². The summed E-state index contributed by atoms with van der Waals surface area (Å²) < 4.78 is 11.5. The van der Waals surface area contributed by atoms with E-state index in [-0.39, 0.29) is 12.2 Å². The highest BCUT2D eigenvalue weighted by Crippen LogP contribution is 2.38. The second-order valence-corrected chi connectivity index (χ2v) is 8.51. The van der Waals surface area contributed by atoms with E-state index in [0.717, 1.165) is 49.2 Å². The smallest absolute Gasteiger partial charge is 0.249 e. The number of benzene rings is 2. The Kier molecular flexibility index (Phi) is 6.09. The van der Waals surface area contributed by atoms with Crippen molar-refractivity contribution in [1.82, 2.24) is 5.48 Å². The number of aryl methyl sites for hydroxylation is 1. The lowest BCUT2D eigenvalue weighted by molar-refractivity contribution is -0.204. The molecule has 6 heteroatoms. The molecule has 0 bridgehead atoms. The van der Waals surface area contributed by atoms with Crippen molar-refractivity contribution in [3.63, 3.8) is 0 Å². The first-order chi connectivity index (χ1) is 14.0. The Morgan fingerprint density at radius 2 is 1.93 bits per heavy atom. The van der Waals surface area contributed by atoms with E-state index in [9.17, 15) is 4.79 Å². The van der Waals surface area contributed by atoms with Gasteiger partial charge >= 0.3 is 0 Å². The fraction of sp³-hybridized carbons (Fsp3) is 0.435. The molecule has 1 aliphatic carbocycles. The lowest BCUT2D eigenvalue weighted by Crippen LogP contribution is -2.44. The highest BCUT2D eigenvalue weighted by atomic mass is 35.5. The highest BCUT2D eigenvalue weighted by Gasteiger charge is 2.37. The summed E-state index contributed by atoms with van der Waals surface area (Å²) in [5.41, 5.74) is 4.51. The van der Waals surface area contributed by atoms with Crippen LogP contribution in [0, 0.1) is 5.41 Å². The lowest BCUT2D eigenvalue weighted by Gasteiger charge is -2.34. The molecule has 2 aliphatic rings. The summed E-state index contributed by atoms with van der Waals surface area (Å²) in [5.74, 6) is 1.38. The molecule has 154 valence electrons. The van der Waals surface area contributed by atoms with Crippen molar-refractivity contribution in [3.05, 3.63) is 58.6 Å². The van der Waals surface area contributed by atoms with Gasteiger partial charge in [-0.15, -0.1) is 0 Å². The van der Waals surface area contributed by atoms with Crippen molar-refractivity contribution in [1.29, 1.82) is 0 Å². The summed E-state index contributed by atoms with van der Waals surface area (Å²) in [7, 11) is 0. The van der Waals surface area contributed by atoms with Crippen LogP contribution in [0.15, 0.2) is 42.5 Å². The molecule has 1 amide bonds. The van der Waals surface area contributed by atoms with Crippen LogP contribution in [0.25, 0.3) is 0 Å². The van der Waals surface area contributed by atoms with Gasteiger partial charge in [0.05, 0.1) is 5.41 Å². The van der Waals surface area contributed by atoms with E-state index in [1.807, 2.05) is 31.2 Å². The predicted octanol–water partition coefficient (Wildman–Crippen LogP) is 5.20. The molecule has 0 spiro atoms. The fourth-order valence-electron chi connectivity index (χ4n) is 3.87. The Bertz CT molecular complexity index is 864. The van der Waals surface area contributed by atoms with Gasteiger partial charge in [-0.3, -0.25) is 4.79 Å². The number of halogens is 1. The SMILES string of the molecule is CC1(C(=O)NOC2CCCCO2)CCc2ccc(Oc3ccc(Cl)cc3)cc2C1. The van der Waals surface area contributed by atoms with Crippen molar-refractivity contribution < 1.29 is 19.1 Å². The molecule has 0 radical (unpaired) electrons. The van der Waals surface area contributed by atoms with Gasteiger partial charge in [0.2, 0.25) is 5.91 Å². The van der Waals surface area contributed by atoms with Crippen LogP contribution < -0.4 is 10.2 Å². The van der Waals surface area contributed by atoms with E-state index in [4.69, 9.17) is 25.9 Å². The second-order valence-electron chi connectivity index (χ2n) is 8.07. The third kappa shape index (κ3) is 4.92. The summed E-state index contributed by atoms with van der Waals surface area (Å²) >= 11 is 5.93. The van der Waals surface area contributed by atoms with Crippen LogP contribution in [0.3, 0.4) is 0 Å². The van der Waals surface area contributed by atoms with Crippen LogP contribution in [0.1, 0.15) is 43.7 Å². The Hall–Kier alpha value is -2.08. The van der Waals surface area contributed by atoms with Crippen LogP contribution in [-0.4, -0.2) is 18.8 Å². The third-order valence-electron chi connectivity index (χ3n) is 5.72. The van der Waals surface area contributed by atoms with E-state index in [1.54, 1.807) is 12.1 Å². The summed E-state index contributed by atoms with van der Waals surface area (Å²) in [4.78, 5) is 18.4. The summed E-state index contributed by atoms with van der Waals surface area (Å²) in [6.45, 7) is 2.67. The first-order valence-electron chi connectivity index (χ1n) is 10.1. The number of ether oxygens (including phenoxy) is 2. The third-order valence-corrected chi connectivity index (χ3v) is 5.97. The molecule has 2 aromatic carbocycles. The molecule has 1 aliphatic heterocycles. The predicted molar refractivity (Wildman–Crippen MR) is 111 cm³/mol. The van der Waals surface area contributed by atoms with Crippen LogP contribution in [0.4, 0.5) is 0 Å². The van der Waals surface area contributed by atoms with Gasteiger partial charge in [0.25, 0.3) is 0 Å². The van der Waals surface area contributed by atoms with Crippen molar-refractivity contribution >= 4 is 17.5 Å². The quantitative estimate of drug-likeness (QED) is 0.682. The Morgan fingerprint density at radius 1 is 1.14 bits per heavy atom. The zero-order valence-corrected chi connectivity index (χ0v) is 17.3. The molecule has 0 aromatic heterocycles. The summed E-state index contributed by atoms with van der Waals surface area (Å²) in [6, 6.07) is 13.4. The number of nitrogens with one attached hydrogen (secondary N) is 1. The number of amides is 1. The molecule has 29 heavy (non-hydrogen) atoms. The average Bonchev–Trinajstić information content (AvgIpc) is 2.74. The van der Waals surface area contributed by atoms with Crippen LogP contribution in [0.2, 0.25) is 5.02 Å².